The number of phenolic OH excluding ortho intramolecular Hbond substituents is 1. The van der Waals surface area contributed by atoms with Crippen molar-refractivity contribution in [3.8, 4) is 11.5 Å². The lowest BCUT2D eigenvalue weighted by molar-refractivity contribution is 0.0963. The van der Waals surface area contributed by atoms with E-state index in [4.69, 9.17) is 9.29 Å². The topological polar surface area (TPSA) is 122 Å². The van der Waals surface area contributed by atoms with Crippen molar-refractivity contribution >= 4 is 16.2 Å². The van der Waals surface area contributed by atoms with E-state index < -0.39 is 16.5 Å². The summed E-state index contributed by atoms with van der Waals surface area (Å²) in [7, 11) is -4.66. The first-order chi connectivity index (χ1) is 14.3. The van der Waals surface area contributed by atoms with Gasteiger partial charge in [-0.25, -0.2) is 4.18 Å². The van der Waals surface area contributed by atoms with Gasteiger partial charge in [0.15, 0.2) is 5.78 Å². The number of carbonyl (C=O) groups excluding carboxylic acids is 1. The third-order valence-electron chi connectivity index (χ3n) is 4.23. The highest BCUT2D eigenvalue weighted by atomic mass is 32.3. The van der Waals surface area contributed by atoms with Gasteiger partial charge < -0.3 is 15.2 Å². The highest BCUT2D eigenvalue weighted by molar-refractivity contribution is 7.80. The minimum absolute atomic E-state index is 0.0826. The van der Waals surface area contributed by atoms with Crippen LogP contribution in [0.2, 0.25) is 0 Å². The van der Waals surface area contributed by atoms with E-state index in [0.29, 0.717) is 13.0 Å². The van der Waals surface area contributed by atoms with E-state index in [0.717, 1.165) is 12.0 Å². The fraction of sp³-hybridized carbons (Fsp3) is 0.381. The van der Waals surface area contributed by atoms with Crippen LogP contribution in [0.1, 0.15) is 35.7 Å². The van der Waals surface area contributed by atoms with E-state index in [1.54, 1.807) is 0 Å². The minimum Gasteiger partial charge on any atom is -0.508 e. The average molecular weight is 438 g/mol. The maximum absolute atomic E-state index is 12.7. The number of benzene rings is 2. The second-order valence-corrected chi connectivity index (χ2v) is 7.80. The average Bonchev–Trinajstić information content (AvgIpc) is 2.70. The van der Waals surface area contributed by atoms with Crippen LogP contribution in [0.3, 0.4) is 0 Å². The van der Waals surface area contributed by atoms with E-state index >= 15 is 0 Å². The van der Waals surface area contributed by atoms with Crippen LogP contribution < -0.4 is 10.1 Å². The van der Waals surface area contributed by atoms with Crippen molar-refractivity contribution in [1.29, 1.82) is 0 Å². The summed E-state index contributed by atoms with van der Waals surface area (Å²) in [6, 6.07) is 13.7. The molecule has 0 aliphatic heterocycles. The van der Waals surface area contributed by atoms with Crippen molar-refractivity contribution in [2.24, 2.45) is 0 Å². The highest BCUT2D eigenvalue weighted by Gasteiger charge is 2.20. The van der Waals surface area contributed by atoms with Gasteiger partial charge >= 0.3 is 10.4 Å². The molecule has 164 valence electrons. The first-order valence-corrected chi connectivity index (χ1v) is 11.0. The number of carbonyl (C=O) groups is 1. The predicted molar refractivity (Wildman–Crippen MR) is 112 cm³/mol. The van der Waals surface area contributed by atoms with Crippen LogP contribution in [0.4, 0.5) is 0 Å². The smallest absolute Gasteiger partial charge is 0.397 e. The summed E-state index contributed by atoms with van der Waals surface area (Å²) in [5.74, 6) is -0.104. The van der Waals surface area contributed by atoms with Crippen LogP contribution in [-0.4, -0.2) is 49.7 Å². The fourth-order valence-corrected chi connectivity index (χ4v) is 3.28. The highest BCUT2D eigenvalue weighted by Crippen LogP contribution is 2.26. The first kappa shape index (κ1) is 23.8. The zero-order chi connectivity index (χ0) is 22.0. The number of phenols is 1. The molecule has 0 fully saturated rings. The van der Waals surface area contributed by atoms with Crippen molar-refractivity contribution in [2.45, 2.75) is 32.3 Å². The number of nitrogens with one attached hydrogen (secondary N) is 1. The number of ether oxygens (including phenoxy) is 1. The molecule has 0 saturated heterocycles. The molecule has 0 aliphatic carbocycles. The van der Waals surface area contributed by atoms with E-state index in [-0.39, 0.29) is 42.4 Å². The standard InChI is InChI=1S/C21H27NO7S/c1-2-12-22-14-18(29-30(25,26)27)15-28-21-11-9-17(23)13-19(21)20(24)10-8-16-6-4-3-5-7-16/h3-7,9,11,13,18,22-23H,2,8,10,12,14-15H2,1H3,(H,25,26,27). The fourth-order valence-electron chi connectivity index (χ4n) is 2.81. The molecule has 0 radical (unpaired) electrons. The monoisotopic (exact) mass is 437 g/mol. The Morgan fingerprint density at radius 1 is 1.17 bits per heavy atom. The Hall–Kier alpha value is -2.46. The normalized spacial score (nSPS) is 12.5. The molecule has 0 amide bonds. The van der Waals surface area contributed by atoms with Crippen LogP contribution in [0.25, 0.3) is 0 Å². The molecule has 30 heavy (non-hydrogen) atoms. The number of aryl methyl sites for hydroxylation is 1. The second-order valence-electron chi connectivity index (χ2n) is 6.75. The van der Waals surface area contributed by atoms with Gasteiger partial charge in [-0.15, -0.1) is 0 Å². The van der Waals surface area contributed by atoms with Crippen LogP contribution in [0.15, 0.2) is 48.5 Å². The molecule has 3 N–H and O–H groups in total. The Kier molecular flexibility index (Phi) is 9.25. The number of rotatable bonds is 13. The van der Waals surface area contributed by atoms with E-state index in [2.05, 4.69) is 9.50 Å². The van der Waals surface area contributed by atoms with Gasteiger partial charge in [0.05, 0.1) is 5.56 Å². The number of ketones is 1. The first-order valence-electron chi connectivity index (χ1n) is 9.68. The number of hydrogen-bond acceptors (Lipinski definition) is 7. The zero-order valence-electron chi connectivity index (χ0n) is 16.8. The minimum atomic E-state index is -4.66. The predicted octanol–water partition coefficient (Wildman–Crippen LogP) is 2.77. The Morgan fingerprint density at radius 3 is 2.57 bits per heavy atom. The summed E-state index contributed by atoms with van der Waals surface area (Å²) in [5, 5.41) is 12.8. The number of Topliss-reactive ketones (excluding diaryl/α,β-unsaturated/α-hetero) is 1. The molecule has 2 aromatic rings. The summed E-state index contributed by atoms with van der Waals surface area (Å²) in [6.07, 6.45) is 0.585. The summed E-state index contributed by atoms with van der Waals surface area (Å²) in [6.45, 7) is 2.49. The summed E-state index contributed by atoms with van der Waals surface area (Å²) in [4.78, 5) is 12.7. The molecule has 2 rings (SSSR count). The maximum atomic E-state index is 12.7. The largest absolute Gasteiger partial charge is 0.508 e. The molecule has 2 aromatic carbocycles. The van der Waals surface area contributed by atoms with E-state index in [9.17, 15) is 18.3 Å². The van der Waals surface area contributed by atoms with Gasteiger partial charge in [-0.1, -0.05) is 37.3 Å². The van der Waals surface area contributed by atoms with Crippen molar-refractivity contribution in [2.75, 3.05) is 19.7 Å². The zero-order valence-corrected chi connectivity index (χ0v) is 17.6. The molecule has 0 aliphatic rings. The molecule has 0 spiro atoms. The molecule has 0 saturated carbocycles. The van der Waals surface area contributed by atoms with Crippen molar-refractivity contribution in [1.82, 2.24) is 5.32 Å². The lowest BCUT2D eigenvalue weighted by Gasteiger charge is -2.18. The van der Waals surface area contributed by atoms with Crippen molar-refractivity contribution in [3.05, 3.63) is 59.7 Å². The third-order valence-corrected chi connectivity index (χ3v) is 4.74. The Bertz CT molecular complexity index is 916. The van der Waals surface area contributed by atoms with Gasteiger partial charge in [-0.05, 0) is 43.1 Å². The molecule has 1 atom stereocenters. The Balaban J connectivity index is 2.07. The quantitative estimate of drug-likeness (QED) is 0.248. The molecule has 0 bridgehead atoms. The van der Waals surface area contributed by atoms with Crippen LogP contribution in [-0.2, 0) is 21.0 Å². The Morgan fingerprint density at radius 2 is 1.90 bits per heavy atom. The molecular weight excluding hydrogens is 410 g/mol. The second kappa shape index (κ2) is 11.7. The lowest BCUT2D eigenvalue weighted by atomic mass is 10.0. The maximum Gasteiger partial charge on any atom is 0.397 e. The van der Waals surface area contributed by atoms with Gasteiger partial charge in [-0.3, -0.25) is 9.35 Å². The third kappa shape index (κ3) is 8.50. The molecule has 1 unspecified atom stereocenters. The molecule has 8 nitrogen and oxygen atoms in total. The number of hydrogen-bond donors (Lipinski definition) is 3. The summed E-state index contributed by atoms with van der Waals surface area (Å²) >= 11 is 0. The number of aromatic hydroxyl groups is 1. The Labute approximate surface area is 176 Å². The van der Waals surface area contributed by atoms with Crippen molar-refractivity contribution < 1.29 is 31.8 Å². The van der Waals surface area contributed by atoms with Crippen LogP contribution >= 0.6 is 0 Å². The van der Waals surface area contributed by atoms with Gasteiger partial charge in [-0.2, -0.15) is 8.42 Å². The summed E-state index contributed by atoms with van der Waals surface area (Å²) in [5.41, 5.74) is 1.20. The molecular formula is C21H27NO7S. The molecule has 0 aromatic heterocycles. The van der Waals surface area contributed by atoms with E-state index in [1.807, 2.05) is 37.3 Å². The van der Waals surface area contributed by atoms with Gasteiger partial charge in [0.2, 0.25) is 0 Å². The lowest BCUT2D eigenvalue weighted by Crippen LogP contribution is -2.36. The van der Waals surface area contributed by atoms with Crippen LogP contribution in [0.5, 0.6) is 11.5 Å². The van der Waals surface area contributed by atoms with Crippen molar-refractivity contribution in [3.63, 3.8) is 0 Å². The van der Waals surface area contributed by atoms with Crippen LogP contribution in [0, 0.1) is 0 Å². The van der Waals surface area contributed by atoms with Gasteiger partial charge in [0.1, 0.15) is 24.2 Å². The van der Waals surface area contributed by atoms with Gasteiger partial charge in [0, 0.05) is 13.0 Å². The molecule has 0 heterocycles. The molecule has 9 heteroatoms. The SMILES string of the molecule is CCCNCC(COc1ccc(O)cc1C(=O)CCc1ccccc1)OS(=O)(=O)O. The summed E-state index contributed by atoms with van der Waals surface area (Å²) < 4.78 is 41.4. The van der Waals surface area contributed by atoms with E-state index in [1.165, 1.54) is 18.2 Å². The van der Waals surface area contributed by atoms with Gasteiger partial charge in [0.25, 0.3) is 0 Å².